The SMILES string of the molecule is COC1(c2ccc(Cl)c(Cc3ccc(OCCOC4CC4)cc3)c2)O[C@H](CO)[C@@H](O)[C@H](O)[C@H]1O.OC[C@H]1OC(c2ccc(Cl)c(Cc3ccc(OCCOC4CC4)cc3)c2)[C@H](O)[C@@H](O)[C@@H]1O. The van der Waals surface area contributed by atoms with Crippen molar-refractivity contribution >= 4 is 23.2 Å². The molecule has 10 atom stereocenters. The Bertz CT molecular complexity index is 2130. The molecule has 0 amide bonds. The Morgan fingerprint density at radius 2 is 1.08 bits per heavy atom. The Labute approximate surface area is 393 Å². The summed E-state index contributed by atoms with van der Waals surface area (Å²) in [4.78, 5) is 0. The third-order valence-electron chi connectivity index (χ3n) is 12.1. The molecule has 8 rings (SSSR count). The van der Waals surface area contributed by atoms with Crippen LogP contribution in [0.1, 0.15) is 65.2 Å². The second kappa shape index (κ2) is 23.2. The number of hydrogen-bond donors (Lipinski definition) is 8. The van der Waals surface area contributed by atoms with Gasteiger partial charge in [-0.1, -0.05) is 65.7 Å². The summed E-state index contributed by atoms with van der Waals surface area (Å²) in [5.74, 6) is -0.261. The summed E-state index contributed by atoms with van der Waals surface area (Å²) >= 11 is 12.9. The molecule has 2 saturated carbocycles. The first-order chi connectivity index (χ1) is 31.8. The zero-order valence-electron chi connectivity index (χ0n) is 36.6. The van der Waals surface area contributed by atoms with Crippen LogP contribution in [0, 0.1) is 0 Å². The Balaban J connectivity index is 0.000000197. The predicted molar refractivity (Wildman–Crippen MR) is 242 cm³/mol. The summed E-state index contributed by atoms with van der Waals surface area (Å²) in [5, 5.41) is 81.8. The van der Waals surface area contributed by atoms with Gasteiger partial charge in [0.25, 0.3) is 0 Å². The molecule has 2 saturated heterocycles. The molecule has 0 radical (unpaired) electrons. The lowest BCUT2D eigenvalue weighted by Gasteiger charge is -2.47. The molecule has 4 aromatic carbocycles. The van der Waals surface area contributed by atoms with E-state index in [1.807, 2.05) is 54.6 Å². The standard InChI is InChI=1S/C25H31ClO8.C24H29ClO7/c1-31-25(24(30)23(29)22(28)21(14-27)34-25)17-4-9-20(26)16(13-17)12-15-2-5-18(6-3-15)32-10-11-33-19-7-8-19;25-19-8-3-15(24-23(29)22(28)21(27)20(13-26)32-24)12-16(19)11-14-1-4-17(5-2-14)30-9-10-31-18-6-7-18/h2-6,9,13,19,21-24,27-30H,7-8,10-12,14H2,1H3;1-5,8,12,18,20-24,26-29H,6-7,9-11,13H2/t21-,22-,23+,24-,25?;20-,21-,22+,23-,24?/m11/s1. The van der Waals surface area contributed by atoms with E-state index in [1.165, 1.54) is 7.11 Å². The molecule has 2 aliphatic heterocycles. The van der Waals surface area contributed by atoms with Crippen molar-refractivity contribution in [3.05, 3.63) is 128 Å². The van der Waals surface area contributed by atoms with Crippen LogP contribution in [-0.4, -0.2) is 149 Å². The fourth-order valence-electron chi connectivity index (χ4n) is 7.94. The van der Waals surface area contributed by atoms with Crippen molar-refractivity contribution < 1.29 is 74.0 Å². The maximum absolute atomic E-state index is 10.7. The van der Waals surface area contributed by atoms with Crippen LogP contribution in [-0.2, 0) is 42.3 Å². The van der Waals surface area contributed by atoms with Gasteiger partial charge >= 0.3 is 0 Å². The third kappa shape index (κ3) is 12.6. The van der Waals surface area contributed by atoms with Crippen molar-refractivity contribution in [2.75, 3.05) is 46.8 Å². The number of benzene rings is 4. The fourth-order valence-corrected chi connectivity index (χ4v) is 8.31. The van der Waals surface area contributed by atoms with E-state index in [0.29, 0.717) is 72.6 Å². The van der Waals surface area contributed by atoms with Gasteiger partial charge in [-0.3, -0.25) is 0 Å². The topological polar surface area (TPSA) is 226 Å². The molecule has 4 aliphatic rings. The second-order valence-electron chi connectivity index (χ2n) is 17.0. The normalized spacial score (nSPS) is 28.6. The molecule has 2 heterocycles. The molecule has 2 aliphatic carbocycles. The second-order valence-corrected chi connectivity index (χ2v) is 17.8. The molecule has 15 nitrogen and oxygen atoms in total. The highest BCUT2D eigenvalue weighted by Gasteiger charge is 2.55. The van der Waals surface area contributed by atoms with E-state index in [1.54, 1.807) is 30.3 Å². The van der Waals surface area contributed by atoms with Crippen LogP contribution >= 0.6 is 23.2 Å². The van der Waals surface area contributed by atoms with Gasteiger partial charge < -0.3 is 74.0 Å². The van der Waals surface area contributed by atoms with Gasteiger partial charge in [-0.15, -0.1) is 0 Å². The lowest BCUT2D eigenvalue weighted by Crippen LogP contribution is -2.64. The van der Waals surface area contributed by atoms with Gasteiger partial charge in [0.15, 0.2) is 0 Å². The van der Waals surface area contributed by atoms with E-state index < -0.39 is 73.9 Å². The fraction of sp³-hybridized carbons (Fsp3) is 0.510. The molecule has 4 fully saturated rings. The minimum atomic E-state index is -1.79. The maximum atomic E-state index is 10.7. The van der Waals surface area contributed by atoms with Gasteiger partial charge in [0.05, 0.1) is 38.6 Å². The van der Waals surface area contributed by atoms with Crippen molar-refractivity contribution in [3.63, 3.8) is 0 Å². The monoisotopic (exact) mass is 958 g/mol. The van der Waals surface area contributed by atoms with Crippen molar-refractivity contribution in [1.29, 1.82) is 0 Å². The number of methoxy groups -OCH3 is 1. The van der Waals surface area contributed by atoms with E-state index in [0.717, 1.165) is 59.4 Å². The lowest BCUT2D eigenvalue weighted by molar-refractivity contribution is -0.366. The van der Waals surface area contributed by atoms with Crippen LogP contribution < -0.4 is 9.47 Å². The molecule has 0 aromatic heterocycles. The molecule has 17 heteroatoms. The number of aliphatic hydroxyl groups is 8. The highest BCUT2D eigenvalue weighted by Crippen LogP contribution is 2.41. The minimum absolute atomic E-state index is 0.405. The molecule has 360 valence electrons. The van der Waals surface area contributed by atoms with Gasteiger partial charge in [0.1, 0.15) is 79.6 Å². The lowest BCUT2D eigenvalue weighted by atomic mass is 9.87. The summed E-state index contributed by atoms with van der Waals surface area (Å²) in [7, 11) is 1.32. The van der Waals surface area contributed by atoms with Crippen LogP contribution in [0.15, 0.2) is 84.9 Å². The largest absolute Gasteiger partial charge is 0.491 e. The van der Waals surface area contributed by atoms with Gasteiger partial charge in [-0.05, 0) is 109 Å². The average molecular weight is 960 g/mol. The van der Waals surface area contributed by atoms with Crippen LogP contribution in [0.2, 0.25) is 10.0 Å². The summed E-state index contributed by atoms with van der Waals surface area (Å²) in [6.45, 7) is 1.16. The Morgan fingerprint density at radius 3 is 1.58 bits per heavy atom. The summed E-state index contributed by atoms with van der Waals surface area (Å²) in [6, 6.07) is 25.7. The Kier molecular flexibility index (Phi) is 17.7. The van der Waals surface area contributed by atoms with E-state index in [4.69, 9.17) is 56.4 Å². The van der Waals surface area contributed by atoms with Crippen LogP contribution in [0.5, 0.6) is 11.5 Å². The molecule has 0 bridgehead atoms. The van der Waals surface area contributed by atoms with Crippen LogP contribution in [0.4, 0.5) is 0 Å². The van der Waals surface area contributed by atoms with Crippen molar-refractivity contribution in [3.8, 4) is 11.5 Å². The minimum Gasteiger partial charge on any atom is -0.491 e. The maximum Gasteiger partial charge on any atom is 0.224 e. The Morgan fingerprint density at radius 1 is 0.576 bits per heavy atom. The molecule has 2 unspecified atom stereocenters. The van der Waals surface area contributed by atoms with Gasteiger partial charge in [0.2, 0.25) is 5.79 Å². The van der Waals surface area contributed by atoms with E-state index in [2.05, 4.69) is 0 Å². The molecular weight excluding hydrogens is 899 g/mol. The van der Waals surface area contributed by atoms with E-state index >= 15 is 0 Å². The van der Waals surface area contributed by atoms with Crippen molar-refractivity contribution in [1.82, 2.24) is 0 Å². The number of ether oxygens (including phenoxy) is 7. The third-order valence-corrected chi connectivity index (χ3v) is 12.8. The summed E-state index contributed by atoms with van der Waals surface area (Å²) < 4.78 is 39.5. The molecule has 66 heavy (non-hydrogen) atoms. The number of aliphatic hydroxyl groups excluding tert-OH is 8. The summed E-state index contributed by atoms with van der Waals surface area (Å²) in [5.41, 5.74) is 4.60. The van der Waals surface area contributed by atoms with Gasteiger partial charge in [-0.25, -0.2) is 0 Å². The number of hydrogen-bond acceptors (Lipinski definition) is 15. The van der Waals surface area contributed by atoms with Gasteiger partial charge in [0, 0.05) is 22.7 Å². The molecule has 8 N–H and O–H groups in total. The molecule has 4 aromatic rings. The van der Waals surface area contributed by atoms with Gasteiger partial charge in [-0.2, -0.15) is 0 Å². The highest BCUT2D eigenvalue weighted by molar-refractivity contribution is 6.31. The Hall–Kier alpha value is -3.46. The van der Waals surface area contributed by atoms with E-state index in [9.17, 15) is 40.9 Å². The van der Waals surface area contributed by atoms with Crippen LogP contribution in [0.3, 0.4) is 0 Å². The quantitative estimate of drug-likeness (QED) is 0.0627. The average Bonchev–Trinajstić information content (AvgIpc) is 4.29. The van der Waals surface area contributed by atoms with Crippen molar-refractivity contribution in [2.24, 2.45) is 0 Å². The van der Waals surface area contributed by atoms with Crippen molar-refractivity contribution in [2.45, 2.75) is 111 Å². The first-order valence-corrected chi connectivity index (χ1v) is 23.0. The zero-order chi connectivity index (χ0) is 47.0. The molecular formula is C49H60Cl2O15. The number of rotatable bonds is 19. The zero-order valence-corrected chi connectivity index (χ0v) is 38.1. The number of halogens is 2. The first kappa shape index (κ1) is 50.4. The smallest absolute Gasteiger partial charge is 0.224 e. The summed E-state index contributed by atoms with van der Waals surface area (Å²) in [6.07, 6.45) is -5.33. The van der Waals surface area contributed by atoms with Crippen LogP contribution in [0.25, 0.3) is 0 Å². The first-order valence-electron chi connectivity index (χ1n) is 22.3. The van der Waals surface area contributed by atoms with E-state index in [-0.39, 0.29) is 0 Å². The predicted octanol–water partition coefficient (Wildman–Crippen LogP) is 3.77. The molecule has 0 spiro atoms. The highest BCUT2D eigenvalue weighted by atomic mass is 35.5.